The fourth-order valence-corrected chi connectivity index (χ4v) is 4.46. The molecule has 164 valence electrons. The third kappa shape index (κ3) is 6.01. The number of morpholine rings is 1. The van der Waals surface area contributed by atoms with Gasteiger partial charge in [0, 0.05) is 0 Å². The molecule has 3 saturated heterocycles. The van der Waals surface area contributed by atoms with Gasteiger partial charge >= 0.3 is 5.97 Å². The Morgan fingerprint density at radius 1 is 1.17 bits per heavy atom. The Kier molecular flexibility index (Phi) is 7.33. The summed E-state index contributed by atoms with van der Waals surface area (Å²) in [7, 11) is 0. The van der Waals surface area contributed by atoms with E-state index in [9.17, 15) is 4.79 Å². The number of carboxylic acids is 1. The van der Waals surface area contributed by atoms with E-state index in [1.54, 1.807) is 0 Å². The topological polar surface area (TPSA) is 86.6 Å². The van der Waals surface area contributed by atoms with E-state index in [-0.39, 0.29) is 18.7 Å². The van der Waals surface area contributed by atoms with Crippen LogP contribution in [0.1, 0.15) is 42.9 Å². The molecule has 2 N–H and O–H groups in total. The summed E-state index contributed by atoms with van der Waals surface area (Å²) in [6, 6.07) is 8.72. The molecule has 3 aliphatic rings. The summed E-state index contributed by atoms with van der Waals surface area (Å²) in [6.45, 7) is 5.07. The van der Waals surface area contributed by atoms with E-state index in [4.69, 9.17) is 14.7 Å². The number of hydroxylamine groups is 1. The summed E-state index contributed by atoms with van der Waals surface area (Å²) in [5.41, 5.74) is 5.53. The highest BCUT2D eigenvalue weighted by atomic mass is 16.7. The number of piperidine rings is 1. The molecule has 0 spiro atoms. The number of hydrogen-bond acceptors (Lipinski definition) is 7. The van der Waals surface area contributed by atoms with E-state index in [1.165, 1.54) is 5.56 Å². The van der Waals surface area contributed by atoms with Crippen molar-refractivity contribution in [3.8, 4) is 0 Å². The average Bonchev–Trinajstić information content (AvgIpc) is 3.23. The number of nitrogens with one attached hydrogen (secondary N) is 1. The molecule has 2 unspecified atom stereocenters. The number of ether oxygens (including phenoxy) is 1. The van der Waals surface area contributed by atoms with Crippen molar-refractivity contribution in [2.75, 3.05) is 45.9 Å². The highest BCUT2D eigenvalue weighted by Crippen LogP contribution is 2.31. The van der Waals surface area contributed by atoms with Crippen LogP contribution in [0.25, 0.3) is 0 Å². The molecule has 0 bridgehead atoms. The Labute approximate surface area is 177 Å². The van der Waals surface area contributed by atoms with Gasteiger partial charge in [-0.2, -0.15) is 10.6 Å². The maximum absolute atomic E-state index is 10.8. The fraction of sp³-hybridized carbons (Fsp3) is 0.636. The van der Waals surface area contributed by atoms with E-state index in [1.807, 2.05) is 16.1 Å². The minimum atomic E-state index is -0.738. The molecule has 8 heteroatoms. The maximum atomic E-state index is 10.8. The lowest BCUT2D eigenvalue weighted by Crippen LogP contribution is -2.38. The number of hydrogen-bond donors (Lipinski definition) is 2. The van der Waals surface area contributed by atoms with Gasteiger partial charge in [-0.15, -0.1) is 0 Å². The zero-order valence-electron chi connectivity index (χ0n) is 17.4. The second-order valence-electron chi connectivity index (χ2n) is 8.47. The number of carboxylic acid groups (broad SMARTS) is 1. The average molecular weight is 417 g/mol. The van der Waals surface area contributed by atoms with E-state index < -0.39 is 5.97 Å². The van der Waals surface area contributed by atoms with Gasteiger partial charge in [-0.05, 0) is 55.8 Å². The Bertz CT molecular complexity index is 712. The lowest BCUT2D eigenvalue weighted by Gasteiger charge is -2.31. The van der Waals surface area contributed by atoms with E-state index in [0.29, 0.717) is 5.92 Å². The number of aliphatic carboxylic acids is 1. The van der Waals surface area contributed by atoms with Gasteiger partial charge in [0.1, 0.15) is 0 Å². The summed E-state index contributed by atoms with van der Waals surface area (Å²) >= 11 is 0. The zero-order chi connectivity index (χ0) is 20.8. The first-order valence-corrected chi connectivity index (χ1v) is 11.0. The van der Waals surface area contributed by atoms with Crippen LogP contribution >= 0.6 is 0 Å². The van der Waals surface area contributed by atoms with Gasteiger partial charge in [0.05, 0.1) is 51.2 Å². The third-order valence-electron chi connectivity index (χ3n) is 6.23. The summed E-state index contributed by atoms with van der Waals surface area (Å²) < 4.78 is 5.34. The first-order valence-electron chi connectivity index (χ1n) is 11.0. The van der Waals surface area contributed by atoms with Gasteiger partial charge in [0.15, 0.2) is 0 Å². The molecule has 1 aromatic rings. The molecule has 3 aliphatic heterocycles. The SMILES string of the molecule is O=C(O)CN1CCC(CC2CC(c3ccc(C=NN4CCOCC4)cc3)NO2)CC1. The van der Waals surface area contributed by atoms with Crippen LogP contribution in [-0.4, -0.2) is 79.2 Å². The number of benzene rings is 1. The molecule has 0 saturated carbocycles. The Balaban J connectivity index is 1.21. The predicted octanol–water partition coefficient (Wildman–Crippen LogP) is 1.87. The molecule has 8 nitrogen and oxygen atoms in total. The Morgan fingerprint density at radius 2 is 1.90 bits per heavy atom. The zero-order valence-corrected chi connectivity index (χ0v) is 17.4. The number of hydrazone groups is 1. The van der Waals surface area contributed by atoms with Gasteiger partial charge in [0.2, 0.25) is 0 Å². The van der Waals surface area contributed by atoms with Crippen molar-refractivity contribution in [2.45, 2.75) is 37.8 Å². The maximum Gasteiger partial charge on any atom is 0.317 e. The molecule has 4 rings (SSSR count). The molecular formula is C22H32N4O4. The molecule has 0 radical (unpaired) electrons. The largest absolute Gasteiger partial charge is 0.480 e. The summed E-state index contributed by atoms with van der Waals surface area (Å²) in [6.07, 6.45) is 6.23. The molecule has 30 heavy (non-hydrogen) atoms. The lowest BCUT2D eigenvalue weighted by atomic mass is 9.89. The van der Waals surface area contributed by atoms with Crippen LogP contribution in [0, 0.1) is 5.92 Å². The van der Waals surface area contributed by atoms with Crippen molar-refractivity contribution in [3.63, 3.8) is 0 Å². The van der Waals surface area contributed by atoms with E-state index in [2.05, 4.69) is 34.8 Å². The van der Waals surface area contributed by atoms with Crippen LogP contribution in [0.4, 0.5) is 0 Å². The smallest absolute Gasteiger partial charge is 0.317 e. The minimum Gasteiger partial charge on any atom is -0.480 e. The predicted molar refractivity (Wildman–Crippen MR) is 113 cm³/mol. The summed E-state index contributed by atoms with van der Waals surface area (Å²) in [5.74, 6) is -0.127. The van der Waals surface area contributed by atoms with Gasteiger partial charge in [-0.1, -0.05) is 24.3 Å². The molecule has 3 fully saturated rings. The van der Waals surface area contributed by atoms with Crippen molar-refractivity contribution in [1.82, 2.24) is 15.4 Å². The van der Waals surface area contributed by atoms with Crippen molar-refractivity contribution >= 4 is 12.2 Å². The van der Waals surface area contributed by atoms with E-state index in [0.717, 1.165) is 70.6 Å². The summed E-state index contributed by atoms with van der Waals surface area (Å²) in [4.78, 5) is 18.7. The van der Waals surface area contributed by atoms with Crippen molar-refractivity contribution in [3.05, 3.63) is 35.4 Å². The van der Waals surface area contributed by atoms with Crippen LogP contribution in [0.3, 0.4) is 0 Å². The third-order valence-corrected chi connectivity index (χ3v) is 6.23. The van der Waals surface area contributed by atoms with Crippen LogP contribution in [0.15, 0.2) is 29.4 Å². The molecule has 0 aliphatic carbocycles. The minimum absolute atomic E-state index is 0.156. The molecule has 0 aromatic heterocycles. The van der Waals surface area contributed by atoms with Gasteiger partial charge in [-0.25, -0.2) is 0 Å². The number of carbonyl (C=O) groups is 1. The highest BCUT2D eigenvalue weighted by Gasteiger charge is 2.30. The van der Waals surface area contributed by atoms with Crippen molar-refractivity contribution < 1.29 is 19.5 Å². The first kappa shape index (κ1) is 21.2. The highest BCUT2D eigenvalue weighted by molar-refractivity contribution is 5.79. The standard InChI is InChI=1S/C22H32N4O4/c27-22(28)16-25-7-5-17(6-8-25)13-20-14-21(24-30-20)19-3-1-18(2-4-19)15-23-26-9-11-29-12-10-26/h1-4,15,17,20-21,24H,5-14,16H2,(H,27,28). The Hall–Kier alpha value is -2.00. The number of rotatable bonds is 7. The van der Waals surface area contributed by atoms with Gasteiger partial charge in [-0.3, -0.25) is 19.5 Å². The van der Waals surface area contributed by atoms with Crippen molar-refractivity contribution in [2.24, 2.45) is 11.0 Å². The summed E-state index contributed by atoms with van der Waals surface area (Å²) in [5, 5.41) is 15.5. The van der Waals surface area contributed by atoms with Crippen LogP contribution in [-0.2, 0) is 14.4 Å². The second-order valence-corrected chi connectivity index (χ2v) is 8.47. The fourth-order valence-electron chi connectivity index (χ4n) is 4.46. The second kappa shape index (κ2) is 10.3. The lowest BCUT2D eigenvalue weighted by molar-refractivity contribution is -0.138. The number of nitrogens with zero attached hydrogens (tertiary/aromatic N) is 3. The van der Waals surface area contributed by atoms with Gasteiger partial charge < -0.3 is 9.84 Å². The molecule has 3 heterocycles. The molecule has 0 amide bonds. The van der Waals surface area contributed by atoms with E-state index >= 15 is 0 Å². The monoisotopic (exact) mass is 416 g/mol. The van der Waals surface area contributed by atoms with Crippen LogP contribution in [0.5, 0.6) is 0 Å². The molecule has 2 atom stereocenters. The Morgan fingerprint density at radius 3 is 2.60 bits per heavy atom. The van der Waals surface area contributed by atoms with Crippen LogP contribution < -0.4 is 5.48 Å². The molecular weight excluding hydrogens is 384 g/mol. The molecule has 1 aromatic carbocycles. The van der Waals surface area contributed by atoms with Gasteiger partial charge in [0.25, 0.3) is 0 Å². The number of likely N-dealkylation sites (tertiary alicyclic amines) is 1. The quantitative estimate of drug-likeness (QED) is 0.656. The van der Waals surface area contributed by atoms with Crippen LogP contribution in [0.2, 0.25) is 0 Å². The van der Waals surface area contributed by atoms with Crippen molar-refractivity contribution in [1.29, 1.82) is 0 Å². The normalized spacial score (nSPS) is 26.5. The first-order chi connectivity index (χ1) is 14.7.